The van der Waals surface area contributed by atoms with Gasteiger partial charge in [0.25, 0.3) is 0 Å². The van der Waals surface area contributed by atoms with Crippen molar-refractivity contribution in [2.75, 3.05) is 0 Å². The Morgan fingerprint density at radius 2 is 1.71 bits per heavy atom. The molecule has 1 saturated heterocycles. The van der Waals surface area contributed by atoms with Gasteiger partial charge in [0.1, 0.15) is 11.9 Å². The Morgan fingerprint density at radius 3 is 2.38 bits per heavy atom. The Labute approximate surface area is 120 Å². The first-order valence-electron chi connectivity index (χ1n) is 6.47. The van der Waals surface area contributed by atoms with Gasteiger partial charge in [-0.2, -0.15) is 0 Å². The molecule has 2 atom stereocenters. The third kappa shape index (κ3) is 2.63. The molecule has 1 aliphatic heterocycles. The lowest BCUT2D eigenvalue weighted by molar-refractivity contribution is 0.0721. The van der Waals surface area contributed by atoms with E-state index in [0.29, 0.717) is 11.1 Å². The van der Waals surface area contributed by atoms with Crippen LogP contribution in [0.15, 0.2) is 54.6 Å². The van der Waals surface area contributed by atoms with Gasteiger partial charge in [-0.15, -0.1) is 0 Å². The minimum Gasteiger partial charge on any atom is -0.435 e. The van der Waals surface area contributed by atoms with Gasteiger partial charge in [-0.3, -0.25) is 4.79 Å². The van der Waals surface area contributed by atoms with Crippen LogP contribution < -0.4 is 5.32 Å². The number of ketones is 1. The lowest BCUT2D eigenvalue weighted by atomic mass is 9.96. The van der Waals surface area contributed by atoms with E-state index in [1.165, 1.54) is 24.3 Å². The standard InChI is InChI=1S/C16H12FNO3/c17-12-8-6-10(7-9-12)13-15(21-16(20)18-13)14(19)11-4-2-1-3-5-11/h1-9,13,15H,(H,18,20)/t13-,15+/m0/s1. The fourth-order valence-electron chi connectivity index (χ4n) is 2.32. The van der Waals surface area contributed by atoms with Crippen molar-refractivity contribution >= 4 is 11.9 Å². The average molecular weight is 285 g/mol. The molecule has 4 nitrogen and oxygen atoms in total. The minimum absolute atomic E-state index is 0.289. The van der Waals surface area contributed by atoms with Crippen LogP contribution in [0.1, 0.15) is 22.0 Å². The number of amides is 1. The van der Waals surface area contributed by atoms with Crippen LogP contribution in [0.5, 0.6) is 0 Å². The summed E-state index contributed by atoms with van der Waals surface area (Å²) in [5.41, 5.74) is 1.09. The van der Waals surface area contributed by atoms with Gasteiger partial charge in [0.15, 0.2) is 6.10 Å². The van der Waals surface area contributed by atoms with Crippen LogP contribution in [0.4, 0.5) is 9.18 Å². The number of ether oxygens (including phenoxy) is 1. The lowest BCUT2D eigenvalue weighted by Gasteiger charge is -2.16. The molecule has 0 saturated carbocycles. The van der Waals surface area contributed by atoms with E-state index in [1.807, 2.05) is 0 Å². The van der Waals surface area contributed by atoms with Crippen LogP contribution in [0.25, 0.3) is 0 Å². The average Bonchev–Trinajstić information content (AvgIpc) is 2.90. The first-order valence-corrected chi connectivity index (χ1v) is 6.47. The number of benzene rings is 2. The molecule has 2 aromatic carbocycles. The van der Waals surface area contributed by atoms with E-state index in [-0.39, 0.29) is 11.6 Å². The quantitative estimate of drug-likeness (QED) is 0.882. The number of alkyl carbamates (subject to hydrolysis) is 1. The number of carbonyl (C=O) groups excluding carboxylic acids is 2. The van der Waals surface area contributed by atoms with Gasteiger partial charge in [-0.05, 0) is 17.7 Å². The zero-order valence-corrected chi connectivity index (χ0v) is 11.0. The van der Waals surface area contributed by atoms with Crippen LogP contribution in [0, 0.1) is 5.82 Å². The van der Waals surface area contributed by atoms with Gasteiger partial charge in [-0.25, -0.2) is 9.18 Å². The number of Topliss-reactive ketones (excluding diaryl/α,β-unsaturated/α-hetero) is 1. The van der Waals surface area contributed by atoms with Gasteiger partial charge in [-0.1, -0.05) is 42.5 Å². The van der Waals surface area contributed by atoms with Gasteiger partial charge in [0.05, 0.1) is 0 Å². The van der Waals surface area contributed by atoms with Crippen molar-refractivity contribution in [3.05, 3.63) is 71.5 Å². The normalized spacial score (nSPS) is 20.7. The number of rotatable bonds is 3. The SMILES string of the molecule is O=C1N[C@@H](c2ccc(F)cc2)[C@H](C(=O)c2ccccc2)O1. The number of carbonyl (C=O) groups is 2. The van der Waals surface area contributed by atoms with Crippen molar-refractivity contribution in [2.24, 2.45) is 0 Å². The van der Waals surface area contributed by atoms with Gasteiger partial charge in [0, 0.05) is 5.56 Å². The van der Waals surface area contributed by atoms with E-state index in [1.54, 1.807) is 30.3 Å². The summed E-state index contributed by atoms with van der Waals surface area (Å²) < 4.78 is 18.1. The van der Waals surface area contributed by atoms with E-state index >= 15 is 0 Å². The first kappa shape index (κ1) is 13.3. The zero-order valence-electron chi connectivity index (χ0n) is 11.0. The van der Waals surface area contributed by atoms with Crippen molar-refractivity contribution in [1.82, 2.24) is 5.32 Å². The number of nitrogens with one attached hydrogen (secondary N) is 1. The van der Waals surface area contributed by atoms with Crippen molar-refractivity contribution in [3.8, 4) is 0 Å². The second-order valence-corrected chi connectivity index (χ2v) is 4.73. The highest BCUT2D eigenvalue weighted by Gasteiger charge is 2.40. The van der Waals surface area contributed by atoms with Crippen LogP contribution in [0.3, 0.4) is 0 Å². The van der Waals surface area contributed by atoms with Crippen molar-refractivity contribution in [2.45, 2.75) is 12.1 Å². The molecule has 0 radical (unpaired) electrons. The Balaban J connectivity index is 1.91. The lowest BCUT2D eigenvalue weighted by Crippen LogP contribution is -2.29. The van der Waals surface area contributed by atoms with Gasteiger partial charge in [0.2, 0.25) is 5.78 Å². The summed E-state index contributed by atoms with van der Waals surface area (Å²) in [6.45, 7) is 0. The van der Waals surface area contributed by atoms with Crippen molar-refractivity contribution in [3.63, 3.8) is 0 Å². The summed E-state index contributed by atoms with van der Waals surface area (Å²) in [4.78, 5) is 23.9. The molecule has 1 aliphatic rings. The molecule has 0 aromatic heterocycles. The Hall–Kier alpha value is -2.69. The summed E-state index contributed by atoms with van der Waals surface area (Å²) in [5, 5.41) is 2.59. The predicted octanol–water partition coefficient (Wildman–Crippen LogP) is 2.86. The summed E-state index contributed by atoms with van der Waals surface area (Å²) in [5.74, 6) is -0.668. The smallest absolute Gasteiger partial charge is 0.408 e. The number of hydrogen-bond acceptors (Lipinski definition) is 3. The van der Waals surface area contributed by atoms with Crippen molar-refractivity contribution < 1.29 is 18.7 Å². The first-order chi connectivity index (χ1) is 10.1. The molecule has 2 aromatic rings. The molecule has 1 N–H and O–H groups in total. The fraction of sp³-hybridized carbons (Fsp3) is 0.125. The van der Waals surface area contributed by atoms with Gasteiger partial charge < -0.3 is 10.1 Å². The van der Waals surface area contributed by atoms with E-state index in [9.17, 15) is 14.0 Å². The predicted molar refractivity (Wildman–Crippen MR) is 73.3 cm³/mol. The summed E-state index contributed by atoms with van der Waals surface area (Å²) in [6.07, 6.45) is -1.61. The molecule has 106 valence electrons. The molecule has 3 rings (SSSR count). The minimum atomic E-state index is -0.953. The van der Waals surface area contributed by atoms with Crippen LogP contribution in [0.2, 0.25) is 0 Å². The topological polar surface area (TPSA) is 55.4 Å². The van der Waals surface area contributed by atoms with Crippen molar-refractivity contribution in [1.29, 1.82) is 0 Å². The summed E-state index contributed by atoms with van der Waals surface area (Å²) >= 11 is 0. The molecule has 21 heavy (non-hydrogen) atoms. The molecular weight excluding hydrogens is 273 g/mol. The largest absolute Gasteiger partial charge is 0.435 e. The Bertz CT molecular complexity index is 670. The third-order valence-corrected chi connectivity index (χ3v) is 3.36. The Kier molecular flexibility index (Phi) is 3.39. The van der Waals surface area contributed by atoms with Crippen LogP contribution >= 0.6 is 0 Å². The second-order valence-electron chi connectivity index (χ2n) is 4.73. The van der Waals surface area contributed by atoms with E-state index in [4.69, 9.17) is 4.74 Å². The highest BCUT2D eigenvalue weighted by Crippen LogP contribution is 2.27. The molecule has 0 unspecified atom stereocenters. The molecular formula is C16H12FNO3. The maximum atomic E-state index is 13.0. The monoisotopic (exact) mass is 285 g/mol. The van der Waals surface area contributed by atoms with E-state index in [2.05, 4.69) is 5.32 Å². The van der Waals surface area contributed by atoms with Crippen LogP contribution in [-0.4, -0.2) is 18.0 Å². The number of halogens is 1. The molecule has 5 heteroatoms. The van der Waals surface area contributed by atoms with E-state index in [0.717, 1.165) is 0 Å². The van der Waals surface area contributed by atoms with Crippen LogP contribution in [-0.2, 0) is 4.74 Å². The van der Waals surface area contributed by atoms with Gasteiger partial charge >= 0.3 is 6.09 Å². The van der Waals surface area contributed by atoms with E-state index < -0.39 is 18.2 Å². The fourth-order valence-corrected chi connectivity index (χ4v) is 2.32. The molecule has 1 fully saturated rings. The molecule has 0 spiro atoms. The summed E-state index contributed by atoms with van der Waals surface area (Å²) in [6, 6.07) is 13.6. The molecule has 0 bridgehead atoms. The number of hydrogen-bond donors (Lipinski definition) is 1. The molecule has 0 aliphatic carbocycles. The third-order valence-electron chi connectivity index (χ3n) is 3.36. The summed E-state index contributed by atoms with van der Waals surface area (Å²) in [7, 11) is 0. The highest BCUT2D eigenvalue weighted by atomic mass is 19.1. The highest BCUT2D eigenvalue weighted by molar-refractivity contribution is 6.02. The molecule has 1 heterocycles. The maximum Gasteiger partial charge on any atom is 0.408 e. The molecule has 1 amide bonds. The zero-order chi connectivity index (χ0) is 14.8. The Morgan fingerprint density at radius 1 is 1.05 bits per heavy atom. The second kappa shape index (κ2) is 5.36. The maximum absolute atomic E-state index is 13.0. The number of cyclic esters (lactones) is 1.